The number of aryl methyl sites for hydroxylation is 3. The number of aromatic nitrogens is 3. The van der Waals surface area contributed by atoms with Crippen molar-refractivity contribution >= 4 is 29.2 Å². The Morgan fingerprint density at radius 1 is 1.00 bits per heavy atom. The lowest BCUT2D eigenvalue weighted by molar-refractivity contribution is 0.946. The number of fused-ring (bicyclic) bond motifs is 3. The second-order valence-corrected chi connectivity index (χ2v) is 4.90. The maximum Gasteiger partial charge on any atom is 0.193 e. The number of hydrogen-bond acceptors (Lipinski definition) is 3. The van der Waals surface area contributed by atoms with Crippen molar-refractivity contribution in [2.75, 3.05) is 0 Å². The summed E-state index contributed by atoms with van der Waals surface area (Å²) in [6.45, 7) is 6.28. The van der Waals surface area contributed by atoms with Crippen molar-refractivity contribution in [2.24, 2.45) is 0 Å². The molecule has 0 aliphatic carbocycles. The number of pyridine rings is 1. The van der Waals surface area contributed by atoms with Crippen molar-refractivity contribution in [1.29, 1.82) is 0 Å². The third-order valence-corrected chi connectivity index (χ3v) is 3.40. The van der Waals surface area contributed by atoms with Crippen LogP contribution in [0.15, 0.2) is 23.4 Å². The lowest BCUT2D eigenvalue weighted by atomic mass is 10.0. The number of hydrogen-bond donors (Lipinski definition) is 1. The molecule has 2 aromatic heterocycles. The van der Waals surface area contributed by atoms with Crippen LogP contribution in [-0.2, 0) is 0 Å². The Labute approximate surface area is 105 Å². The zero-order valence-corrected chi connectivity index (χ0v) is 10.9. The first kappa shape index (κ1) is 10.6. The highest BCUT2D eigenvalue weighted by atomic mass is 32.1. The SMILES string of the molecule is Cc1cc(C)c2cc(C)c3nnc(S)n3c2c1. The maximum atomic E-state index is 4.38. The molecule has 0 fully saturated rings. The summed E-state index contributed by atoms with van der Waals surface area (Å²) in [6.07, 6.45) is 0. The fourth-order valence-corrected chi connectivity index (χ4v) is 2.61. The summed E-state index contributed by atoms with van der Waals surface area (Å²) in [5.41, 5.74) is 5.64. The summed E-state index contributed by atoms with van der Waals surface area (Å²) in [4.78, 5) is 0. The van der Waals surface area contributed by atoms with Crippen LogP contribution in [0.3, 0.4) is 0 Å². The van der Waals surface area contributed by atoms with E-state index in [9.17, 15) is 0 Å². The summed E-state index contributed by atoms with van der Waals surface area (Å²) in [7, 11) is 0. The summed E-state index contributed by atoms with van der Waals surface area (Å²) in [5.74, 6) is 0. The minimum absolute atomic E-state index is 0.638. The zero-order valence-electron chi connectivity index (χ0n) is 10.0. The molecule has 3 aromatic rings. The highest BCUT2D eigenvalue weighted by molar-refractivity contribution is 7.80. The molecule has 0 N–H and O–H groups in total. The molecule has 0 saturated carbocycles. The Hall–Kier alpha value is -1.55. The van der Waals surface area contributed by atoms with Crippen molar-refractivity contribution in [1.82, 2.24) is 14.6 Å². The van der Waals surface area contributed by atoms with Gasteiger partial charge in [0.2, 0.25) is 0 Å². The Kier molecular flexibility index (Phi) is 2.16. The lowest BCUT2D eigenvalue weighted by Gasteiger charge is -2.09. The second-order valence-electron chi connectivity index (χ2n) is 4.50. The van der Waals surface area contributed by atoms with Gasteiger partial charge in [0.1, 0.15) is 0 Å². The Morgan fingerprint density at radius 2 is 1.76 bits per heavy atom. The van der Waals surface area contributed by atoms with Crippen LogP contribution in [0.25, 0.3) is 16.6 Å². The minimum Gasteiger partial charge on any atom is -0.270 e. The fourth-order valence-electron chi connectivity index (χ4n) is 2.36. The Bertz CT molecular complexity index is 743. The monoisotopic (exact) mass is 243 g/mol. The van der Waals surface area contributed by atoms with Crippen LogP contribution in [0.4, 0.5) is 0 Å². The number of thiol groups is 1. The van der Waals surface area contributed by atoms with Crippen LogP contribution in [0, 0.1) is 20.8 Å². The van der Waals surface area contributed by atoms with E-state index in [-0.39, 0.29) is 0 Å². The smallest absolute Gasteiger partial charge is 0.193 e. The Balaban J connectivity index is 2.66. The molecule has 86 valence electrons. The van der Waals surface area contributed by atoms with Crippen molar-refractivity contribution in [3.63, 3.8) is 0 Å². The lowest BCUT2D eigenvalue weighted by Crippen LogP contribution is -1.94. The van der Waals surface area contributed by atoms with Crippen LogP contribution in [0.5, 0.6) is 0 Å². The van der Waals surface area contributed by atoms with E-state index in [2.05, 4.69) is 61.8 Å². The highest BCUT2D eigenvalue weighted by Gasteiger charge is 2.10. The molecular formula is C13H13N3S. The van der Waals surface area contributed by atoms with E-state index in [1.165, 1.54) is 16.5 Å². The van der Waals surface area contributed by atoms with Gasteiger partial charge in [-0.1, -0.05) is 6.07 Å². The predicted molar refractivity (Wildman–Crippen MR) is 72.0 cm³/mol. The molecule has 0 unspecified atom stereocenters. The van der Waals surface area contributed by atoms with E-state index in [4.69, 9.17) is 0 Å². The molecule has 4 heteroatoms. The normalized spacial score (nSPS) is 11.5. The van der Waals surface area contributed by atoms with Gasteiger partial charge in [0.15, 0.2) is 10.8 Å². The van der Waals surface area contributed by atoms with Gasteiger partial charge in [-0.25, -0.2) is 0 Å². The van der Waals surface area contributed by atoms with E-state index in [1.54, 1.807) is 0 Å². The quantitative estimate of drug-likeness (QED) is 0.615. The van der Waals surface area contributed by atoms with E-state index < -0.39 is 0 Å². The number of rotatable bonds is 0. The van der Waals surface area contributed by atoms with E-state index >= 15 is 0 Å². The average Bonchev–Trinajstić information content (AvgIpc) is 2.64. The van der Waals surface area contributed by atoms with Crippen molar-refractivity contribution in [3.8, 4) is 0 Å². The molecule has 2 heterocycles. The highest BCUT2D eigenvalue weighted by Crippen LogP contribution is 2.25. The van der Waals surface area contributed by atoms with Crippen LogP contribution < -0.4 is 0 Å². The van der Waals surface area contributed by atoms with Gasteiger partial charge in [0.05, 0.1) is 5.52 Å². The van der Waals surface area contributed by atoms with Crippen LogP contribution in [-0.4, -0.2) is 14.6 Å². The number of nitrogens with zero attached hydrogens (tertiary/aromatic N) is 3. The van der Waals surface area contributed by atoms with E-state index in [0.29, 0.717) is 5.16 Å². The van der Waals surface area contributed by atoms with Crippen LogP contribution in [0.1, 0.15) is 16.7 Å². The van der Waals surface area contributed by atoms with Crippen molar-refractivity contribution < 1.29 is 0 Å². The van der Waals surface area contributed by atoms with Gasteiger partial charge in [0.25, 0.3) is 0 Å². The molecule has 3 nitrogen and oxygen atoms in total. The summed E-state index contributed by atoms with van der Waals surface area (Å²) >= 11 is 4.38. The van der Waals surface area contributed by atoms with Gasteiger partial charge in [-0.15, -0.1) is 22.8 Å². The van der Waals surface area contributed by atoms with Crippen molar-refractivity contribution in [2.45, 2.75) is 25.9 Å². The van der Waals surface area contributed by atoms with Gasteiger partial charge in [0, 0.05) is 5.39 Å². The average molecular weight is 243 g/mol. The van der Waals surface area contributed by atoms with Crippen molar-refractivity contribution in [3.05, 3.63) is 34.9 Å². The second kappa shape index (κ2) is 3.47. The number of benzene rings is 1. The molecule has 0 atom stereocenters. The largest absolute Gasteiger partial charge is 0.270 e. The van der Waals surface area contributed by atoms with Gasteiger partial charge in [-0.2, -0.15) is 0 Å². The third kappa shape index (κ3) is 1.44. The predicted octanol–water partition coefficient (Wildman–Crippen LogP) is 3.10. The van der Waals surface area contributed by atoms with E-state index in [0.717, 1.165) is 16.7 Å². The molecule has 17 heavy (non-hydrogen) atoms. The van der Waals surface area contributed by atoms with E-state index in [1.807, 2.05) is 4.40 Å². The molecule has 0 aliphatic rings. The summed E-state index contributed by atoms with van der Waals surface area (Å²) in [6, 6.07) is 6.51. The van der Waals surface area contributed by atoms with Gasteiger partial charge < -0.3 is 0 Å². The molecule has 0 radical (unpaired) electrons. The first-order chi connectivity index (χ1) is 8.08. The van der Waals surface area contributed by atoms with Gasteiger partial charge >= 0.3 is 0 Å². The topological polar surface area (TPSA) is 30.2 Å². The molecule has 0 amide bonds. The zero-order chi connectivity index (χ0) is 12.2. The first-order valence-electron chi connectivity index (χ1n) is 5.52. The standard InChI is InChI=1S/C13H13N3S/c1-7-4-8(2)10-6-9(3)12-14-15-13(17)16(12)11(10)5-7/h4-6H,1-3H3,(H,15,17). The molecule has 0 bridgehead atoms. The third-order valence-electron chi connectivity index (χ3n) is 3.11. The Morgan fingerprint density at radius 3 is 2.53 bits per heavy atom. The van der Waals surface area contributed by atoms with Gasteiger partial charge in [-0.3, -0.25) is 4.40 Å². The molecule has 3 rings (SSSR count). The molecule has 0 aliphatic heterocycles. The van der Waals surface area contributed by atoms with Crippen LogP contribution >= 0.6 is 12.6 Å². The fraction of sp³-hybridized carbons (Fsp3) is 0.231. The molecule has 1 aromatic carbocycles. The maximum absolute atomic E-state index is 4.38. The molecule has 0 saturated heterocycles. The van der Waals surface area contributed by atoms with Crippen LogP contribution in [0.2, 0.25) is 0 Å². The minimum atomic E-state index is 0.638. The van der Waals surface area contributed by atoms with Gasteiger partial charge in [-0.05, 0) is 49.6 Å². The molecular weight excluding hydrogens is 230 g/mol. The summed E-state index contributed by atoms with van der Waals surface area (Å²) < 4.78 is 2.01. The first-order valence-corrected chi connectivity index (χ1v) is 5.97. The molecule has 0 spiro atoms. The summed E-state index contributed by atoms with van der Waals surface area (Å²) in [5, 5.41) is 10.1.